The van der Waals surface area contributed by atoms with Gasteiger partial charge >= 0.3 is 0 Å². The van der Waals surface area contributed by atoms with Gasteiger partial charge in [0.15, 0.2) is 5.82 Å². The van der Waals surface area contributed by atoms with E-state index < -0.39 is 6.04 Å². The Bertz CT molecular complexity index is 1420. The largest absolute Gasteiger partial charge is 0.497 e. The van der Waals surface area contributed by atoms with Crippen molar-refractivity contribution in [2.24, 2.45) is 0 Å². The zero-order valence-electron chi connectivity index (χ0n) is 21.8. The number of rotatable bonds is 8. The van der Waals surface area contributed by atoms with Gasteiger partial charge in [-0.2, -0.15) is 0 Å². The van der Waals surface area contributed by atoms with Crippen molar-refractivity contribution in [2.45, 2.75) is 26.4 Å². The molecule has 1 atom stereocenters. The lowest BCUT2D eigenvalue weighted by molar-refractivity contribution is 0.171. The van der Waals surface area contributed by atoms with Crippen LogP contribution in [0.2, 0.25) is 0 Å². The fourth-order valence-electron chi connectivity index (χ4n) is 5.17. The fourth-order valence-corrected chi connectivity index (χ4v) is 5.17. The van der Waals surface area contributed by atoms with Gasteiger partial charge in [0, 0.05) is 55.4 Å². The minimum atomic E-state index is -0.390. The molecule has 10 heteroatoms. The Morgan fingerprint density at radius 3 is 2.49 bits per heavy atom. The number of anilines is 1. The van der Waals surface area contributed by atoms with E-state index in [1.54, 1.807) is 18.9 Å². The fraction of sp³-hybridized carbons (Fsp3) is 0.407. The van der Waals surface area contributed by atoms with Crippen molar-refractivity contribution >= 4 is 16.6 Å². The van der Waals surface area contributed by atoms with E-state index in [1.165, 1.54) is 0 Å². The molecule has 2 aromatic heterocycles. The van der Waals surface area contributed by atoms with E-state index in [-0.39, 0.29) is 5.56 Å². The number of aryl methyl sites for hydroxylation is 2. The second-order valence-electron chi connectivity index (χ2n) is 9.47. The third kappa shape index (κ3) is 5.07. The Morgan fingerprint density at radius 1 is 1.03 bits per heavy atom. The first-order chi connectivity index (χ1) is 18.0. The summed E-state index contributed by atoms with van der Waals surface area (Å²) >= 11 is 0. The Morgan fingerprint density at radius 2 is 1.78 bits per heavy atom. The monoisotopic (exact) mass is 503 g/mol. The summed E-state index contributed by atoms with van der Waals surface area (Å²) in [4.78, 5) is 21.3. The maximum atomic E-state index is 13.5. The van der Waals surface area contributed by atoms with Gasteiger partial charge in [0.2, 0.25) is 0 Å². The summed E-state index contributed by atoms with van der Waals surface area (Å²) in [6.45, 7) is 8.21. The van der Waals surface area contributed by atoms with Gasteiger partial charge in [0.1, 0.15) is 11.8 Å². The molecule has 1 saturated heterocycles. The Balaban J connectivity index is 1.51. The number of hydrogen-bond donors (Lipinski definition) is 1. The Labute approximate surface area is 215 Å². The number of hydrogen-bond acceptors (Lipinski definition) is 8. The summed E-state index contributed by atoms with van der Waals surface area (Å²) in [6, 6.07) is 13.9. The predicted octanol–water partition coefficient (Wildman–Crippen LogP) is 2.70. The van der Waals surface area contributed by atoms with Crippen molar-refractivity contribution in [1.82, 2.24) is 30.1 Å². The molecule has 1 N–H and O–H groups in total. The summed E-state index contributed by atoms with van der Waals surface area (Å²) in [7, 11) is 3.32. The first kappa shape index (κ1) is 24.9. The van der Waals surface area contributed by atoms with Crippen LogP contribution < -0.4 is 15.2 Å². The van der Waals surface area contributed by atoms with E-state index in [2.05, 4.69) is 55.4 Å². The van der Waals surface area contributed by atoms with Crippen LogP contribution in [0.25, 0.3) is 10.9 Å². The number of tetrazole rings is 1. The lowest BCUT2D eigenvalue weighted by atomic mass is 9.99. The minimum absolute atomic E-state index is 0.124. The summed E-state index contributed by atoms with van der Waals surface area (Å²) in [5.41, 5.74) is 4.75. The molecule has 5 rings (SSSR count). The minimum Gasteiger partial charge on any atom is -0.497 e. The summed E-state index contributed by atoms with van der Waals surface area (Å²) < 4.78 is 12.3. The number of ether oxygens (including phenoxy) is 2. The van der Waals surface area contributed by atoms with Crippen molar-refractivity contribution in [3.05, 3.63) is 75.3 Å². The quantitative estimate of drug-likeness (QED) is 0.392. The number of pyridine rings is 1. The maximum absolute atomic E-state index is 13.5. The van der Waals surface area contributed by atoms with Crippen LogP contribution in [0.5, 0.6) is 5.75 Å². The lowest BCUT2D eigenvalue weighted by Crippen LogP contribution is -2.49. The standard InChI is InChI=1S/C27H33N7O3/c1-18-15-19(2)22-17-23(27(35)28-24(22)16-18)25(26-29-30-31-34(26)13-14-36-3)33-11-9-32(10-12-33)20-5-7-21(37-4)8-6-20/h5-8,15-17,25H,9-14H2,1-4H3,(H,28,35)/t25-/m1/s1. The second kappa shape index (κ2) is 10.7. The average Bonchev–Trinajstić information content (AvgIpc) is 3.36. The highest BCUT2D eigenvalue weighted by Gasteiger charge is 2.33. The number of H-pyrrole nitrogens is 1. The summed E-state index contributed by atoms with van der Waals surface area (Å²) in [5.74, 6) is 1.48. The highest BCUT2D eigenvalue weighted by molar-refractivity contribution is 5.83. The van der Waals surface area contributed by atoms with Gasteiger partial charge in [-0.25, -0.2) is 4.68 Å². The molecule has 0 aliphatic carbocycles. The van der Waals surface area contributed by atoms with Gasteiger partial charge in [-0.05, 0) is 71.8 Å². The zero-order chi connectivity index (χ0) is 25.9. The van der Waals surface area contributed by atoms with Crippen molar-refractivity contribution in [3.63, 3.8) is 0 Å². The zero-order valence-corrected chi connectivity index (χ0v) is 21.8. The van der Waals surface area contributed by atoms with Crippen LogP contribution in [-0.4, -0.2) is 77.1 Å². The van der Waals surface area contributed by atoms with Crippen LogP contribution in [0.3, 0.4) is 0 Å². The molecule has 10 nitrogen and oxygen atoms in total. The van der Waals surface area contributed by atoms with Crippen LogP contribution in [0, 0.1) is 13.8 Å². The molecule has 0 radical (unpaired) electrons. The number of nitrogens with zero attached hydrogens (tertiary/aromatic N) is 6. The van der Waals surface area contributed by atoms with Gasteiger partial charge in [-0.3, -0.25) is 9.69 Å². The molecule has 0 unspecified atom stereocenters. The SMILES string of the molecule is COCCn1nnnc1[C@@H](c1cc2c(C)cc(C)cc2[nH]c1=O)N1CCN(c2ccc(OC)cc2)CC1. The van der Waals surface area contributed by atoms with E-state index in [9.17, 15) is 4.79 Å². The smallest absolute Gasteiger partial charge is 0.253 e. The highest BCUT2D eigenvalue weighted by atomic mass is 16.5. The van der Waals surface area contributed by atoms with Crippen molar-refractivity contribution in [3.8, 4) is 5.75 Å². The van der Waals surface area contributed by atoms with Crippen LogP contribution in [0.1, 0.15) is 28.6 Å². The van der Waals surface area contributed by atoms with Crippen LogP contribution in [0.4, 0.5) is 5.69 Å². The van der Waals surface area contributed by atoms with Crippen LogP contribution >= 0.6 is 0 Å². The molecule has 0 bridgehead atoms. The van der Waals surface area contributed by atoms with E-state index in [0.717, 1.165) is 59.6 Å². The van der Waals surface area contributed by atoms with Crippen molar-refractivity contribution in [2.75, 3.05) is 51.9 Å². The number of piperazine rings is 1. The molecule has 1 aliphatic heterocycles. The van der Waals surface area contributed by atoms with Gasteiger partial charge in [0.25, 0.3) is 5.56 Å². The molecule has 1 aliphatic rings. The highest BCUT2D eigenvalue weighted by Crippen LogP contribution is 2.30. The third-order valence-electron chi connectivity index (χ3n) is 7.06. The van der Waals surface area contributed by atoms with Crippen LogP contribution in [0.15, 0.2) is 47.3 Å². The molecule has 0 amide bonds. The molecular formula is C27H33N7O3. The van der Waals surface area contributed by atoms with Gasteiger partial charge in [0.05, 0.1) is 20.3 Å². The van der Waals surface area contributed by atoms with Crippen molar-refractivity contribution < 1.29 is 9.47 Å². The molecule has 194 valence electrons. The Kier molecular flexibility index (Phi) is 7.20. The van der Waals surface area contributed by atoms with E-state index in [4.69, 9.17) is 9.47 Å². The number of methoxy groups -OCH3 is 2. The number of aromatic nitrogens is 5. The number of nitrogens with one attached hydrogen (secondary N) is 1. The molecule has 0 saturated carbocycles. The van der Waals surface area contributed by atoms with Gasteiger partial charge in [-0.15, -0.1) is 5.10 Å². The van der Waals surface area contributed by atoms with Crippen LogP contribution in [-0.2, 0) is 11.3 Å². The number of benzene rings is 2. The topological polar surface area (TPSA) is 101 Å². The summed E-state index contributed by atoms with van der Waals surface area (Å²) in [5, 5.41) is 13.6. The second-order valence-corrected chi connectivity index (χ2v) is 9.47. The molecule has 1 fully saturated rings. The number of aromatic amines is 1. The first-order valence-corrected chi connectivity index (χ1v) is 12.5. The Hall–Kier alpha value is -3.76. The van der Waals surface area contributed by atoms with Gasteiger partial charge in [-0.1, -0.05) is 6.07 Å². The first-order valence-electron chi connectivity index (χ1n) is 12.5. The molecule has 4 aromatic rings. The number of fused-ring (bicyclic) bond motifs is 1. The van der Waals surface area contributed by atoms with Crippen molar-refractivity contribution in [1.29, 1.82) is 0 Å². The molecule has 3 heterocycles. The van der Waals surface area contributed by atoms with Gasteiger partial charge < -0.3 is 19.4 Å². The maximum Gasteiger partial charge on any atom is 0.253 e. The molecule has 0 spiro atoms. The molecule has 2 aromatic carbocycles. The van der Waals surface area contributed by atoms with E-state index in [1.807, 2.05) is 31.2 Å². The van der Waals surface area contributed by atoms with E-state index >= 15 is 0 Å². The average molecular weight is 504 g/mol. The molecular weight excluding hydrogens is 470 g/mol. The molecule has 37 heavy (non-hydrogen) atoms. The lowest BCUT2D eigenvalue weighted by Gasteiger charge is -2.39. The summed E-state index contributed by atoms with van der Waals surface area (Å²) in [6.07, 6.45) is 0. The normalized spacial score (nSPS) is 15.3. The predicted molar refractivity (Wildman–Crippen MR) is 142 cm³/mol. The third-order valence-corrected chi connectivity index (χ3v) is 7.06. The van der Waals surface area contributed by atoms with E-state index in [0.29, 0.717) is 24.5 Å².